The van der Waals surface area contributed by atoms with Crippen LogP contribution in [-0.4, -0.2) is 50.7 Å². The van der Waals surface area contributed by atoms with Gasteiger partial charge in [0.1, 0.15) is 0 Å². The molecule has 9 nitrogen and oxygen atoms in total. The van der Waals surface area contributed by atoms with Crippen LogP contribution in [0.25, 0.3) is 22.4 Å². The molecule has 0 unspecified atom stereocenters. The molecule has 2 fully saturated rings. The summed E-state index contributed by atoms with van der Waals surface area (Å²) < 4.78 is 7.43. The fourth-order valence-electron chi connectivity index (χ4n) is 4.78. The lowest BCUT2D eigenvalue weighted by Gasteiger charge is -2.27. The third kappa shape index (κ3) is 4.04. The molecule has 0 spiro atoms. The van der Waals surface area contributed by atoms with Crippen LogP contribution in [0.15, 0.2) is 47.7 Å². The summed E-state index contributed by atoms with van der Waals surface area (Å²) in [6.07, 6.45) is 12.1. The maximum absolute atomic E-state index is 5.16. The van der Waals surface area contributed by atoms with E-state index in [0.29, 0.717) is 12.6 Å². The number of imidazole rings is 1. The SMILES string of the molecule is c1cc(-c2ccc(CNc3nc(N4CCNCC4)nc4c3ncn4C3CCCC3)cn2)co1. The van der Waals surface area contributed by atoms with E-state index in [1.807, 2.05) is 24.7 Å². The molecule has 0 amide bonds. The Hall–Kier alpha value is -3.46. The third-order valence-electron chi connectivity index (χ3n) is 6.63. The van der Waals surface area contributed by atoms with E-state index in [0.717, 1.165) is 65.9 Å². The molecular weight excluding hydrogens is 416 g/mol. The van der Waals surface area contributed by atoms with E-state index in [9.17, 15) is 0 Å². The predicted molar refractivity (Wildman–Crippen MR) is 127 cm³/mol. The van der Waals surface area contributed by atoms with Gasteiger partial charge in [0.05, 0.1) is 24.5 Å². The number of furan rings is 1. The number of hydrogen-bond donors (Lipinski definition) is 2. The van der Waals surface area contributed by atoms with Gasteiger partial charge < -0.3 is 24.5 Å². The summed E-state index contributed by atoms with van der Waals surface area (Å²) in [5, 5.41) is 6.92. The Morgan fingerprint density at radius 2 is 1.94 bits per heavy atom. The maximum atomic E-state index is 5.16. The number of piperazine rings is 1. The Morgan fingerprint density at radius 3 is 2.70 bits per heavy atom. The Kier molecular flexibility index (Phi) is 5.39. The first-order chi connectivity index (χ1) is 16.3. The van der Waals surface area contributed by atoms with Crippen LogP contribution in [0.2, 0.25) is 0 Å². The largest absolute Gasteiger partial charge is 0.472 e. The van der Waals surface area contributed by atoms with Crippen LogP contribution >= 0.6 is 0 Å². The molecule has 0 aromatic carbocycles. The maximum Gasteiger partial charge on any atom is 0.229 e. The van der Waals surface area contributed by atoms with Gasteiger partial charge in [0.25, 0.3) is 0 Å². The first-order valence-corrected chi connectivity index (χ1v) is 11.8. The zero-order valence-electron chi connectivity index (χ0n) is 18.6. The number of aromatic nitrogens is 5. The number of rotatable bonds is 6. The van der Waals surface area contributed by atoms with E-state index in [4.69, 9.17) is 19.4 Å². The smallest absolute Gasteiger partial charge is 0.229 e. The molecule has 1 aliphatic carbocycles. The van der Waals surface area contributed by atoms with E-state index in [1.165, 1.54) is 25.7 Å². The molecule has 2 aliphatic rings. The number of anilines is 2. The topological polar surface area (TPSA) is 96.9 Å². The van der Waals surface area contributed by atoms with Gasteiger partial charge in [0.15, 0.2) is 17.0 Å². The van der Waals surface area contributed by atoms with E-state index < -0.39 is 0 Å². The van der Waals surface area contributed by atoms with Crippen LogP contribution in [0.3, 0.4) is 0 Å². The number of pyridine rings is 1. The van der Waals surface area contributed by atoms with Crippen LogP contribution in [0, 0.1) is 0 Å². The summed E-state index contributed by atoms with van der Waals surface area (Å²) in [6.45, 7) is 4.31. The molecule has 33 heavy (non-hydrogen) atoms. The summed E-state index contributed by atoms with van der Waals surface area (Å²) >= 11 is 0. The zero-order chi connectivity index (χ0) is 22.0. The second-order valence-corrected chi connectivity index (χ2v) is 8.79. The molecule has 0 atom stereocenters. The molecule has 9 heteroatoms. The Bertz CT molecular complexity index is 1210. The highest BCUT2D eigenvalue weighted by molar-refractivity contribution is 5.84. The van der Waals surface area contributed by atoms with Crippen molar-refractivity contribution in [1.29, 1.82) is 0 Å². The zero-order valence-corrected chi connectivity index (χ0v) is 18.6. The van der Waals surface area contributed by atoms with Gasteiger partial charge >= 0.3 is 0 Å². The molecule has 1 saturated heterocycles. The molecule has 0 radical (unpaired) electrons. The number of hydrogen-bond acceptors (Lipinski definition) is 8. The molecule has 0 bridgehead atoms. The highest BCUT2D eigenvalue weighted by Crippen LogP contribution is 2.33. The van der Waals surface area contributed by atoms with Gasteiger partial charge in [-0.15, -0.1) is 0 Å². The van der Waals surface area contributed by atoms with Gasteiger partial charge in [0.2, 0.25) is 5.95 Å². The fourth-order valence-corrected chi connectivity index (χ4v) is 4.78. The highest BCUT2D eigenvalue weighted by atomic mass is 16.3. The third-order valence-corrected chi connectivity index (χ3v) is 6.63. The van der Waals surface area contributed by atoms with E-state index >= 15 is 0 Å². The van der Waals surface area contributed by atoms with Crippen molar-refractivity contribution in [3.8, 4) is 11.3 Å². The molecule has 4 aromatic heterocycles. The second kappa shape index (κ2) is 8.82. The Morgan fingerprint density at radius 1 is 1.06 bits per heavy atom. The van der Waals surface area contributed by atoms with Crippen molar-refractivity contribution in [2.45, 2.75) is 38.3 Å². The van der Waals surface area contributed by atoms with Gasteiger partial charge in [-0.2, -0.15) is 9.97 Å². The molecule has 2 N–H and O–H groups in total. The van der Waals surface area contributed by atoms with Crippen LogP contribution < -0.4 is 15.5 Å². The normalized spacial score (nSPS) is 17.2. The van der Waals surface area contributed by atoms with Crippen molar-refractivity contribution in [2.24, 2.45) is 0 Å². The minimum Gasteiger partial charge on any atom is -0.472 e. The van der Waals surface area contributed by atoms with E-state index in [1.54, 1.807) is 12.5 Å². The first-order valence-electron chi connectivity index (χ1n) is 11.8. The van der Waals surface area contributed by atoms with Gasteiger partial charge in [-0.25, -0.2) is 4.98 Å². The van der Waals surface area contributed by atoms with Gasteiger partial charge in [-0.05, 0) is 30.5 Å². The molecule has 170 valence electrons. The van der Waals surface area contributed by atoms with Crippen LogP contribution in [-0.2, 0) is 6.54 Å². The van der Waals surface area contributed by atoms with Crippen LogP contribution in [0.1, 0.15) is 37.3 Å². The number of nitrogens with one attached hydrogen (secondary N) is 2. The fraction of sp³-hybridized carbons (Fsp3) is 0.417. The van der Waals surface area contributed by atoms with Crippen LogP contribution in [0.4, 0.5) is 11.8 Å². The molecule has 5 heterocycles. The lowest BCUT2D eigenvalue weighted by Crippen LogP contribution is -2.44. The first kappa shape index (κ1) is 20.2. The highest BCUT2D eigenvalue weighted by Gasteiger charge is 2.23. The van der Waals surface area contributed by atoms with Crippen molar-refractivity contribution in [1.82, 2.24) is 29.8 Å². The predicted octanol–water partition coefficient (Wildman–Crippen LogP) is 3.62. The number of fused-ring (bicyclic) bond motifs is 1. The monoisotopic (exact) mass is 444 g/mol. The van der Waals surface area contributed by atoms with Crippen molar-refractivity contribution in [3.63, 3.8) is 0 Å². The quantitative estimate of drug-likeness (QED) is 0.465. The average molecular weight is 445 g/mol. The number of nitrogens with zero attached hydrogens (tertiary/aromatic N) is 6. The molecular formula is C24H28N8O. The summed E-state index contributed by atoms with van der Waals surface area (Å²) in [4.78, 5) is 21.5. The van der Waals surface area contributed by atoms with Crippen molar-refractivity contribution < 1.29 is 4.42 Å². The Labute approximate surface area is 192 Å². The Balaban J connectivity index is 1.29. The summed E-state index contributed by atoms with van der Waals surface area (Å²) in [6, 6.07) is 6.48. The average Bonchev–Trinajstić information content (AvgIpc) is 3.65. The minimum absolute atomic E-state index is 0.480. The standard InChI is InChI=1S/C24H28N8O/c1-2-4-19(3-1)32-16-28-21-22(29-24(30-23(21)32)31-10-8-25-9-11-31)27-14-17-5-6-20(26-13-17)18-7-12-33-15-18/h5-7,12-13,15-16,19,25H,1-4,8-11,14H2,(H,27,29,30). The van der Waals surface area contributed by atoms with E-state index in [2.05, 4.69) is 31.2 Å². The van der Waals surface area contributed by atoms with Gasteiger partial charge in [0, 0.05) is 50.5 Å². The van der Waals surface area contributed by atoms with E-state index in [-0.39, 0.29) is 0 Å². The van der Waals surface area contributed by atoms with Gasteiger partial charge in [-0.1, -0.05) is 18.9 Å². The molecule has 1 saturated carbocycles. The lowest BCUT2D eigenvalue weighted by molar-refractivity contribution is 0.528. The molecule has 4 aromatic rings. The summed E-state index contributed by atoms with van der Waals surface area (Å²) in [5.41, 5.74) is 4.72. The second-order valence-electron chi connectivity index (χ2n) is 8.79. The molecule has 1 aliphatic heterocycles. The summed E-state index contributed by atoms with van der Waals surface area (Å²) in [5.74, 6) is 1.56. The van der Waals surface area contributed by atoms with Crippen LogP contribution in [0.5, 0.6) is 0 Å². The van der Waals surface area contributed by atoms with Crippen molar-refractivity contribution in [2.75, 3.05) is 36.4 Å². The van der Waals surface area contributed by atoms with Crippen molar-refractivity contribution in [3.05, 3.63) is 48.8 Å². The van der Waals surface area contributed by atoms with Crippen molar-refractivity contribution >= 4 is 22.9 Å². The summed E-state index contributed by atoms with van der Waals surface area (Å²) in [7, 11) is 0. The lowest BCUT2D eigenvalue weighted by atomic mass is 10.2. The molecule has 6 rings (SSSR count). The minimum atomic E-state index is 0.480. The van der Waals surface area contributed by atoms with Gasteiger partial charge in [-0.3, -0.25) is 4.98 Å².